The van der Waals surface area contributed by atoms with Crippen molar-refractivity contribution in [1.82, 2.24) is 0 Å². The molecule has 0 heterocycles. The Labute approximate surface area is 158 Å². The Morgan fingerprint density at radius 2 is 1.69 bits per heavy atom. The van der Waals surface area contributed by atoms with Crippen LogP contribution in [0.2, 0.25) is 0 Å². The third-order valence-electron chi connectivity index (χ3n) is 9.16. The fourth-order valence-corrected chi connectivity index (χ4v) is 7.73. The van der Waals surface area contributed by atoms with E-state index in [1.54, 1.807) is 5.57 Å². The highest BCUT2D eigenvalue weighted by Gasteiger charge is 2.58. The topological polar surface area (TPSA) is 34.1 Å². The summed E-state index contributed by atoms with van der Waals surface area (Å²) in [5.41, 5.74) is 3.10. The van der Waals surface area contributed by atoms with Gasteiger partial charge in [0.15, 0.2) is 0 Å². The summed E-state index contributed by atoms with van der Waals surface area (Å²) in [7, 11) is 0. The maximum atomic E-state index is 11.9. The molecule has 4 aliphatic carbocycles. The van der Waals surface area contributed by atoms with Gasteiger partial charge in [0.25, 0.3) is 0 Å². The molecule has 0 amide bonds. The molecule has 0 aromatic rings. The van der Waals surface area contributed by atoms with E-state index in [2.05, 4.69) is 39.8 Å². The maximum Gasteiger partial charge on any atom is 0.146 e. The van der Waals surface area contributed by atoms with Crippen molar-refractivity contribution < 1.29 is 9.59 Å². The molecule has 0 radical (unpaired) electrons. The molecule has 0 unspecified atom stereocenters. The van der Waals surface area contributed by atoms with Gasteiger partial charge in [-0.1, -0.05) is 51.8 Å². The lowest BCUT2D eigenvalue weighted by atomic mass is 9.42. The first kappa shape index (κ1) is 18.2. The minimum atomic E-state index is -0.228. The second kappa shape index (κ2) is 5.91. The molecule has 2 nitrogen and oxygen atoms in total. The van der Waals surface area contributed by atoms with Crippen molar-refractivity contribution in [2.45, 2.75) is 72.6 Å². The van der Waals surface area contributed by atoms with Gasteiger partial charge in [-0.3, -0.25) is 4.79 Å². The standard InChI is InChI=1S/C24H34O2/c1-22(2)11-5-12-24(4)19-10-13-23(3)18(17(19)7-9-21(22)24)8-6-16(14-25)20(23)15-26/h6-7,14-15,18-21H,5,8-13H2,1-4H3/t18-,19-,20+,21-,23+,24+/m0/s1. The van der Waals surface area contributed by atoms with E-state index < -0.39 is 0 Å². The van der Waals surface area contributed by atoms with Crippen molar-refractivity contribution >= 4 is 12.6 Å². The van der Waals surface area contributed by atoms with Crippen LogP contribution in [0.3, 0.4) is 0 Å². The van der Waals surface area contributed by atoms with E-state index in [0.29, 0.717) is 22.7 Å². The van der Waals surface area contributed by atoms with Crippen LogP contribution in [0.4, 0.5) is 0 Å². The predicted octanol–water partition coefficient (Wildman–Crippen LogP) is 5.53. The van der Waals surface area contributed by atoms with Crippen LogP contribution in [-0.4, -0.2) is 12.6 Å². The van der Waals surface area contributed by atoms with Crippen LogP contribution in [0, 0.1) is 39.9 Å². The lowest BCUT2D eigenvalue weighted by molar-refractivity contribution is -0.119. The highest BCUT2D eigenvalue weighted by molar-refractivity contribution is 5.82. The quantitative estimate of drug-likeness (QED) is 0.483. The molecule has 2 heteroatoms. The lowest BCUT2D eigenvalue weighted by Gasteiger charge is -2.62. The average Bonchev–Trinajstić information content (AvgIpc) is 2.59. The molecule has 26 heavy (non-hydrogen) atoms. The SMILES string of the molecule is CC1(C)CCC[C@]2(C)[C@H]3CC[C@@]4(C)[C@H](C=O)C(C=O)=CC[C@H]4C3=CC[C@@H]12. The highest BCUT2D eigenvalue weighted by atomic mass is 16.1. The number of fused-ring (bicyclic) bond motifs is 5. The number of carbonyl (C=O) groups is 2. The monoisotopic (exact) mass is 354 g/mol. The van der Waals surface area contributed by atoms with Crippen molar-refractivity contribution in [3.05, 3.63) is 23.3 Å². The largest absolute Gasteiger partial charge is 0.303 e. The summed E-state index contributed by atoms with van der Waals surface area (Å²) in [6.07, 6.45) is 15.0. The van der Waals surface area contributed by atoms with E-state index in [1.165, 1.54) is 32.1 Å². The zero-order valence-electron chi connectivity index (χ0n) is 16.9. The second-order valence-corrected chi connectivity index (χ2v) is 10.7. The summed E-state index contributed by atoms with van der Waals surface area (Å²) in [6, 6.07) is 0. The van der Waals surface area contributed by atoms with Gasteiger partial charge in [0.2, 0.25) is 0 Å². The Balaban J connectivity index is 1.76. The van der Waals surface area contributed by atoms with Crippen molar-refractivity contribution in [2.75, 3.05) is 0 Å². The summed E-state index contributed by atoms with van der Waals surface area (Å²) < 4.78 is 0. The van der Waals surface area contributed by atoms with E-state index in [0.717, 1.165) is 36.9 Å². The zero-order valence-corrected chi connectivity index (χ0v) is 16.9. The molecule has 0 saturated heterocycles. The lowest BCUT2D eigenvalue weighted by Crippen LogP contribution is -2.54. The molecule has 4 aliphatic rings. The second-order valence-electron chi connectivity index (χ2n) is 10.7. The molecule has 0 N–H and O–H groups in total. The summed E-state index contributed by atoms with van der Waals surface area (Å²) in [4.78, 5) is 23.4. The molecule has 0 aromatic heterocycles. The molecular formula is C24H34O2. The van der Waals surface area contributed by atoms with Gasteiger partial charge in [0, 0.05) is 5.92 Å². The highest BCUT2D eigenvalue weighted by Crippen LogP contribution is 2.66. The first-order valence-corrected chi connectivity index (χ1v) is 10.6. The number of hydrogen-bond acceptors (Lipinski definition) is 2. The molecule has 0 aromatic carbocycles. The number of aldehydes is 2. The average molecular weight is 355 g/mol. The minimum absolute atomic E-state index is 0.0809. The van der Waals surface area contributed by atoms with E-state index >= 15 is 0 Å². The Morgan fingerprint density at radius 3 is 2.38 bits per heavy atom. The number of rotatable bonds is 2. The van der Waals surface area contributed by atoms with Crippen molar-refractivity contribution in [3.63, 3.8) is 0 Å². The van der Waals surface area contributed by atoms with Crippen LogP contribution in [-0.2, 0) is 9.59 Å². The van der Waals surface area contributed by atoms with Crippen LogP contribution in [0.5, 0.6) is 0 Å². The Hall–Kier alpha value is -1.18. The first-order chi connectivity index (χ1) is 12.3. The van der Waals surface area contributed by atoms with Crippen LogP contribution in [0.15, 0.2) is 23.3 Å². The summed E-state index contributed by atoms with van der Waals surface area (Å²) in [5.74, 6) is 1.64. The van der Waals surface area contributed by atoms with E-state index in [4.69, 9.17) is 0 Å². The number of hydrogen-bond donors (Lipinski definition) is 0. The fraction of sp³-hybridized carbons (Fsp3) is 0.750. The Kier molecular flexibility index (Phi) is 4.13. The number of carbonyl (C=O) groups excluding carboxylic acids is 2. The molecule has 2 saturated carbocycles. The van der Waals surface area contributed by atoms with Crippen LogP contribution >= 0.6 is 0 Å². The van der Waals surface area contributed by atoms with Crippen molar-refractivity contribution in [2.24, 2.45) is 39.9 Å². The van der Waals surface area contributed by atoms with Gasteiger partial charge >= 0.3 is 0 Å². The maximum absolute atomic E-state index is 11.9. The van der Waals surface area contributed by atoms with Gasteiger partial charge in [-0.2, -0.15) is 0 Å². The van der Waals surface area contributed by atoms with Gasteiger partial charge in [-0.25, -0.2) is 0 Å². The fourth-order valence-electron chi connectivity index (χ4n) is 7.73. The third kappa shape index (κ3) is 2.29. The Bertz CT molecular complexity index is 684. The molecule has 6 atom stereocenters. The first-order valence-electron chi connectivity index (χ1n) is 10.6. The van der Waals surface area contributed by atoms with E-state index in [1.807, 2.05) is 0 Å². The van der Waals surface area contributed by atoms with Gasteiger partial charge < -0.3 is 4.79 Å². The summed E-state index contributed by atoms with van der Waals surface area (Å²) >= 11 is 0. The van der Waals surface area contributed by atoms with E-state index in [-0.39, 0.29) is 11.3 Å². The number of allylic oxidation sites excluding steroid dienone is 4. The summed E-state index contributed by atoms with van der Waals surface area (Å²) in [5, 5.41) is 0. The molecule has 0 spiro atoms. The Morgan fingerprint density at radius 1 is 0.923 bits per heavy atom. The molecule has 2 fully saturated rings. The third-order valence-corrected chi connectivity index (χ3v) is 9.16. The normalized spacial score (nSPS) is 46.8. The van der Waals surface area contributed by atoms with Crippen molar-refractivity contribution in [3.8, 4) is 0 Å². The zero-order chi connectivity index (χ0) is 18.7. The van der Waals surface area contributed by atoms with Crippen LogP contribution in [0.25, 0.3) is 0 Å². The van der Waals surface area contributed by atoms with Crippen LogP contribution in [0.1, 0.15) is 72.6 Å². The van der Waals surface area contributed by atoms with Gasteiger partial charge in [0.05, 0.1) is 0 Å². The molecule has 4 rings (SSSR count). The van der Waals surface area contributed by atoms with Gasteiger partial charge in [-0.05, 0) is 78.1 Å². The molecular weight excluding hydrogens is 320 g/mol. The minimum Gasteiger partial charge on any atom is -0.303 e. The molecule has 0 aliphatic heterocycles. The van der Waals surface area contributed by atoms with E-state index in [9.17, 15) is 9.59 Å². The van der Waals surface area contributed by atoms with Gasteiger partial charge in [0.1, 0.15) is 12.6 Å². The molecule has 142 valence electrons. The van der Waals surface area contributed by atoms with Gasteiger partial charge in [-0.15, -0.1) is 0 Å². The molecule has 0 bridgehead atoms. The van der Waals surface area contributed by atoms with Crippen LogP contribution < -0.4 is 0 Å². The predicted molar refractivity (Wildman–Crippen MR) is 105 cm³/mol. The smallest absolute Gasteiger partial charge is 0.146 e. The summed E-state index contributed by atoms with van der Waals surface area (Å²) in [6.45, 7) is 9.78. The van der Waals surface area contributed by atoms with Crippen molar-refractivity contribution in [1.29, 1.82) is 0 Å².